The molecule has 0 aromatic carbocycles. The Morgan fingerprint density at radius 1 is 1.60 bits per heavy atom. The molecule has 0 amide bonds. The van der Waals surface area contributed by atoms with Crippen LogP contribution in [0.25, 0.3) is 0 Å². The van der Waals surface area contributed by atoms with Crippen LogP contribution in [0.5, 0.6) is 0 Å². The summed E-state index contributed by atoms with van der Waals surface area (Å²) in [6.07, 6.45) is 6.86. The number of hydrogen-bond donors (Lipinski definition) is 0. The first-order chi connectivity index (χ1) is 7.06. The molecule has 84 valence electrons. The van der Waals surface area contributed by atoms with Crippen molar-refractivity contribution in [2.45, 2.75) is 51.2 Å². The minimum absolute atomic E-state index is 0.327. The quantitative estimate of drug-likeness (QED) is 0.528. The van der Waals surface area contributed by atoms with Gasteiger partial charge in [-0.2, -0.15) is 17.0 Å². The standard InChI is InChI=1S/C13H21NS/c1-11-5-7-12(8-6-11)13(2,3)15-10-4-9-14/h5,12H,4,6-8,10H2,1-3H3. The Hall–Kier alpha value is -0.420. The Balaban J connectivity index is 2.44. The van der Waals surface area contributed by atoms with Crippen molar-refractivity contribution < 1.29 is 0 Å². The summed E-state index contributed by atoms with van der Waals surface area (Å²) in [5.41, 5.74) is 1.55. The van der Waals surface area contributed by atoms with Crippen molar-refractivity contribution in [3.8, 4) is 6.07 Å². The molecule has 0 aliphatic heterocycles. The Kier molecular flexibility index (Phi) is 4.73. The second kappa shape index (κ2) is 5.61. The summed E-state index contributed by atoms with van der Waals surface area (Å²) in [6, 6.07) is 2.22. The Morgan fingerprint density at radius 3 is 2.87 bits per heavy atom. The minimum Gasteiger partial charge on any atom is -0.198 e. The van der Waals surface area contributed by atoms with Gasteiger partial charge in [0.25, 0.3) is 0 Å². The fraction of sp³-hybridized carbons (Fsp3) is 0.769. The van der Waals surface area contributed by atoms with Crippen LogP contribution in [0, 0.1) is 17.2 Å². The van der Waals surface area contributed by atoms with Gasteiger partial charge in [0.05, 0.1) is 6.07 Å². The molecule has 15 heavy (non-hydrogen) atoms. The Morgan fingerprint density at radius 2 is 2.33 bits per heavy atom. The number of allylic oxidation sites excluding steroid dienone is 2. The van der Waals surface area contributed by atoms with Crippen LogP contribution in [-0.2, 0) is 0 Å². The van der Waals surface area contributed by atoms with Crippen LogP contribution in [0.4, 0.5) is 0 Å². The molecule has 0 radical (unpaired) electrons. The van der Waals surface area contributed by atoms with Crippen molar-refractivity contribution in [2.24, 2.45) is 5.92 Å². The third kappa shape index (κ3) is 3.91. The molecule has 0 N–H and O–H groups in total. The number of thioether (sulfide) groups is 1. The van der Waals surface area contributed by atoms with Gasteiger partial charge in [-0.1, -0.05) is 25.5 Å². The lowest BCUT2D eigenvalue weighted by molar-refractivity contribution is 0.384. The zero-order valence-corrected chi connectivity index (χ0v) is 10.9. The highest BCUT2D eigenvalue weighted by atomic mass is 32.2. The molecule has 1 unspecified atom stereocenters. The van der Waals surface area contributed by atoms with Gasteiger partial charge in [-0.25, -0.2) is 0 Å². The van der Waals surface area contributed by atoms with Crippen molar-refractivity contribution in [1.29, 1.82) is 5.26 Å². The lowest BCUT2D eigenvalue weighted by Gasteiger charge is -2.35. The van der Waals surface area contributed by atoms with Gasteiger partial charge in [0.2, 0.25) is 0 Å². The lowest BCUT2D eigenvalue weighted by atomic mass is 9.82. The van der Waals surface area contributed by atoms with E-state index in [9.17, 15) is 0 Å². The third-order valence-electron chi connectivity index (χ3n) is 3.31. The van der Waals surface area contributed by atoms with Crippen molar-refractivity contribution in [3.05, 3.63) is 11.6 Å². The molecular weight excluding hydrogens is 202 g/mol. The van der Waals surface area contributed by atoms with Gasteiger partial charge in [0.1, 0.15) is 0 Å². The smallest absolute Gasteiger partial charge is 0.0630 e. The zero-order valence-electron chi connectivity index (χ0n) is 10.0. The van der Waals surface area contributed by atoms with Gasteiger partial charge in [0, 0.05) is 16.9 Å². The predicted octanol–water partition coefficient (Wildman–Crippen LogP) is 4.16. The second-order valence-electron chi connectivity index (χ2n) is 4.88. The number of rotatable bonds is 4. The van der Waals surface area contributed by atoms with Gasteiger partial charge in [0.15, 0.2) is 0 Å². The van der Waals surface area contributed by atoms with E-state index in [1.807, 2.05) is 11.8 Å². The predicted molar refractivity (Wildman–Crippen MR) is 67.9 cm³/mol. The fourth-order valence-electron chi connectivity index (χ4n) is 2.07. The first-order valence-corrected chi connectivity index (χ1v) is 6.71. The Bertz CT molecular complexity index is 273. The number of nitrogens with zero attached hydrogens (tertiary/aromatic N) is 1. The first kappa shape index (κ1) is 12.6. The van der Waals surface area contributed by atoms with Crippen LogP contribution in [0.1, 0.15) is 46.5 Å². The second-order valence-corrected chi connectivity index (χ2v) is 6.63. The van der Waals surface area contributed by atoms with Gasteiger partial charge in [-0.3, -0.25) is 0 Å². The maximum atomic E-state index is 8.54. The molecule has 0 spiro atoms. The van der Waals surface area contributed by atoms with Crippen LogP contribution in [0.2, 0.25) is 0 Å². The van der Waals surface area contributed by atoms with Gasteiger partial charge < -0.3 is 0 Å². The van der Waals surface area contributed by atoms with Crippen LogP contribution >= 0.6 is 11.8 Å². The molecule has 0 aromatic heterocycles. The van der Waals surface area contributed by atoms with E-state index < -0.39 is 0 Å². The minimum atomic E-state index is 0.327. The molecule has 2 heteroatoms. The molecule has 0 saturated heterocycles. The molecule has 0 aromatic rings. The van der Waals surface area contributed by atoms with Crippen molar-refractivity contribution >= 4 is 11.8 Å². The largest absolute Gasteiger partial charge is 0.198 e. The number of hydrogen-bond acceptors (Lipinski definition) is 2. The maximum absolute atomic E-state index is 8.54. The molecule has 0 heterocycles. The van der Waals surface area contributed by atoms with Gasteiger partial charge in [-0.15, -0.1) is 0 Å². The van der Waals surface area contributed by atoms with E-state index in [2.05, 4.69) is 32.9 Å². The average Bonchev–Trinajstić information content (AvgIpc) is 2.18. The van der Waals surface area contributed by atoms with Crippen LogP contribution in [0.15, 0.2) is 11.6 Å². The molecule has 0 bridgehead atoms. The SMILES string of the molecule is CC1=CCC(C(C)(C)SCCC#N)CC1. The van der Waals surface area contributed by atoms with E-state index in [0.717, 1.165) is 11.7 Å². The molecule has 1 aliphatic rings. The van der Waals surface area contributed by atoms with Crippen LogP contribution < -0.4 is 0 Å². The molecule has 1 aliphatic carbocycles. The molecule has 0 fully saturated rings. The topological polar surface area (TPSA) is 23.8 Å². The van der Waals surface area contributed by atoms with E-state index in [1.165, 1.54) is 19.3 Å². The number of nitriles is 1. The Labute approximate surface area is 97.9 Å². The van der Waals surface area contributed by atoms with Gasteiger partial charge >= 0.3 is 0 Å². The average molecular weight is 223 g/mol. The van der Waals surface area contributed by atoms with Crippen molar-refractivity contribution in [3.63, 3.8) is 0 Å². The molecule has 1 rings (SSSR count). The van der Waals surface area contributed by atoms with Gasteiger partial charge in [-0.05, 0) is 32.1 Å². The summed E-state index contributed by atoms with van der Waals surface area (Å²) in [5.74, 6) is 1.76. The summed E-state index contributed by atoms with van der Waals surface area (Å²) in [5, 5.41) is 8.54. The molecule has 0 saturated carbocycles. The van der Waals surface area contributed by atoms with Crippen molar-refractivity contribution in [2.75, 3.05) is 5.75 Å². The highest BCUT2D eigenvalue weighted by molar-refractivity contribution is 8.00. The summed E-state index contributed by atoms with van der Waals surface area (Å²) in [6.45, 7) is 6.88. The van der Waals surface area contributed by atoms with Crippen LogP contribution in [0.3, 0.4) is 0 Å². The van der Waals surface area contributed by atoms with E-state index in [0.29, 0.717) is 11.2 Å². The summed E-state index contributed by atoms with van der Waals surface area (Å²) < 4.78 is 0.327. The van der Waals surface area contributed by atoms with Crippen molar-refractivity contribution in [1.82, 2.24) is 0 Å². The van der Waals surface area contributed by atoms with E-state index >= 15 is 0 Å². The van der Waals surface area contributed by atoms with Crippen LogP contribution in [-0.4, -0.2) is 10.5 Å². The van der Waals surface area contributed by atoms with E-state index in [1.54, 1.807) is 5.57 Å². The molecular formula is C13H21NS. The molecule has 1 nitrogen and oxygen atoms in total. The normalized spacial score (nSPS) is 22.0. The lowest BCUT2D eigenvalue weighted by Crippen LogP contribution is -2.29. The zero-order chi connectivity index (χ0) is 11.3. The first-order valence-electron chi connectivity index (χ1n) is 5.73. The summed E-state index contributed by atoms with van der Waals surface area (Å²) >= 11 is 1.96. The summed E-state index contributed by atoms with van der Waals surface area (Å²) in [4.78, 5) is 0. The summed E-state index contributed by atoms with van der Waals surface area (Å²) in [7, 11) is 0. The van der Waals surface area contributed by atoms with E-state index in [-0.39, 0.29) is 0 Å². The maximum Gasteiger partial charge on any atom is 0.0630 e. The highest BCUT2D eigenvalue weighted by Gasteiger charge is 2.30. The fourth-order valence-corrected chi connectivity index (χ4v) is 3.24. The monoisotopic (exact) mass is 223 g/mol. The third-order valence-corrected chi connectivity index (χ3v) is 4.79. The highest BCUT2D eigenvalue weighted by Crippen LogP contribution is 2.40. The molecule has 1 atom stereocenters. The van der Waals surface area contributed by atoms with E-state index in [4.69, 9.17) is 5.26 Å².